The van der Waals surface area contributed by atoms with Crippen LogP contribution >= 0.6 is 15.9 Å². The zero-order chi connectivity index (χ0) is 13.1. The minimum Gasteiger partial charge on any atom is -0.342 e. The molecule has 4 rings (SSSR count). The monoisotopic (exact) mass is 325 g/mol. The molecule has 1 saturated heterocycles. The van der Waals surface area contributed by atoms with Crippen LogP contribution < -0.4 is 0 Å². The molecule has 2 nitrogen and oxygen atoms in total. The van der Waals surface area contributed by atoms with E-state index in [2.05, 4.69) is 27.8 Å². The van der Waals surface area contributed by atoms with Gasteiger partial charge in [0.25, 0.3) is 0 Å². The Morgan fingerprint density at radius 1 is 1.11 bits per heavy atom. The number of carbonyl (C=O) groups is 1. The maximum atomic E-state index is 12.7. The van der Waals surface area contributed by atoms with Crippen molar-refractivity contribution in [1.82, 2.24) is 4.90 Å². The SMILES string of the molecule is CC(Br)C1CCN(C(=O)C2C3C4CCC(C4)C23)CC1. The Morgan fingerprint density at radius 3 is 2.21 bits per heavy atom. The van der Waals surface area contributed by atoms with E-state index in [4.69, 9.17) is 0 Å². The molecule has 0 aromatic heterocycles. The molecule has 4 aliphatic rings. The van der Waals surface area contributed by atoms with E-state index in [1.54, 1.807) is 0 Å². The molecule has 3 saturated carbocycles. The summed E-state index contributed by atoms with van der Waals surface area (Å²) in [4.78, 5) is 15.5. The van der Waals surface area contributed by atoms with Gasteiger partial charge in [-0.3, -0.25) is 4.79 Å². The van der Waals surface area contributed by atoms with Gasteiger partial charge in [-0.05, 0) is 61.7 Å². The van der Waals surface area contributed by atoms with E-state index >= 15 is 0 Å². The van der Waals surface area contributed by atoms with E-state index < -0.39 is 0 Å². The summed E-state index contributed by atoms with van der Waals surface area (Å²) in [6, 6.07) is 0. The Balaban J connectivity index is 1.36. The third kappa shape index (κ3) is 1.91. The van der Waals surface area contributed by atoms with Gasteiger partial charge < -0.3 is 4.90 Å². The summed E-state index contributed by atoms with van der Waals surface area (Å²) in [7, 11) is 0. The second-order valence-corrected chi connectivity index (χ2v) is 8.80. The first-order valence-corrected chi connectivity index (χ1v) is 9.01. The van der Waals surface area contributed by atoms with Crippen molar-refractivity contribution in [2.75, 3.05) is 13.1 Å². The van der Waals surface area contributed by atoms with E-state index in [1.807, 2.05) is 0 Å². The van der Waals surface area contributed by atoms with E-state index in [9.17, 15) is 4.79 Å². The highest BCUT2D eigenvalue weighted by atomic mass is 79.9. The van der Waals surface area contributed by atoms with Gasteiger partial charge in [-0.15, -0.1) is 0 Å². The molecule has 0 spiro atoms. The highest BCUT2D eigenvalue weighted by Crippen LogP contribution is 2.69. The maximum absolute atomic E-state index is 12.7. The largest absolute Gasteiger partial charge is 0.342 e. The van der Waals surface area contributed by atoms with Crippen molar-refractivity contribution in [1.29, 1.82) is 0 Å². The van der Waals surface area contributed by atoms with Gasteiger partial charge in [0.05, 0.1) is 0 Å². The minimum absolute atomic E-state index is 0.448. The summed E-state index contributed by atoms with van der Waals surface area (Å²) in [5, 5.41) is 0. The van der Waals surface area contributed by atoms with Gasteiger partial charge >= 0.3 is 0 Å². The van der Waals surface area contributed by atoms with Crippen LogP contribution in [0.1, 0.15) is 39.0 Å². The molecule has 1 heterocycles. The van der Waals surface area contributed by atoms with Crippen LogP contribution in [0.5, 0.6) is 0 Å². The number of hydrogen-bond acceptors (Lipinski definition) is 1. The lowest BCUT2D eigenvalue weighted by molar-refractivity contribution is -0.135. The number of piperidine rings is 1. The van der Waals surface area contributed by atoms with Gasteiger partial charge in [-0.25, -0.2) is 0 Å². The molecule has 3 aliphatic carbocycles. The van der Waals surface area contributed by atoms with Gasteiger partial charge in [0, 0.05) is 23.8 Å². The molecule has 0 aromatic carbocycles. The number of hydrogen-bond donors (Lipinski definition) is 0. The average molecular weight is 326 g/mol. The topological polar surface area (TPSA) is 20.3 Å². The summed E-state index contributed by atoms with van der Waals surface area (Å²) >= 11 is 3.69. The van der Waals surface area contributed by atoms with Crippen LogP contribution in [-0.2, 0) is 4.79 Å². The number of alkyl halides is 1. The van der Waals surface area contributed by atoms with Gasteiger partial charge in [0.2, 0.25) is 5.91 Å². The van der Waals surface area contributed by atoms with E-state index in [0.717, 1.165) is 42.7 Å². The lowest BCUT2D eigenvalue weighted by Crippen LogP contribution is -2.41. The van der Waals surface area contributed by atoms with Crippen molar-refractivity contribution in [3.63, 3.8) is 0 Å². The third-order valence-corrected chi connectivity index (χ3v) is 7.27. The van der Waals surface area contributed by atoms with Crippen LogP contribution in [0.4, 0.5) is 0 Å². The molecule has 5 atom stereocenters. The van der Waals surface area contributed by atoms with Crippen molar-refractivity contribution in [3.8, 4) is 0 Å². The lowest BCUT2D eigenvalue weighted by atomic mass is 9.93. The summed E-state index contributed by atoms with van der Waals surface area (Å²) in [6.45, 7) is 4.25. The molecule has 1 amide bonds. The first-order valence-electron chi connectivity index (χ1n) is 8.09. The van der Waals surface area contributed by atoms with Crippen LogP contribution in [0.25, 0.3) is 0 Å². The summed E-state index contributed by atoms with van der Waals surface area (Å²) in [5.41, 5.74) is 0. The van der Waals surface area contributed by atoms with Crippen LogP contribution in [0.15, 0.2) is 0 Å². The number of carbonyl (C=O) groups excluding carboxylic acids is 1. The molecule has 106 valence electrons. The van der Waals surface area contributed by atoms with E-state index in [1.165, 1.54) is 32.1 Å². The van der Waals surface area contributed by atoms with Crippen molar-refractivity contribution in [2.45, 2.75) is 43.9 Å². The zero-order valence-corrected chi connectivity index (χ0v) is 13.3. The molecule has 1 aliphatic heterocycles. The molecule has 19 heavy (non-hydrogen) atoms. The smallest absolute Gasteiger partial charge is 0.226 e. The molecular formula is C16H24BrNO. The number of rotatable bonds is 2. The fourth-order valence-electron chi connectivity index (χ4n) is 5.45. The van der Waals surface area contributed by atoms with Gasteiger partial charge in [-0.1, -0.05) is 22.9 Å². The number of likely N-dealkylation sites (tertiary alicyclic amines) is 1. The number of halogens is 1. The number of nitrogens with zero attached hydrogens (tertiary/aromatic N) is 1. The fourth-order valence-corrected chi connectivity index (χ4v) is 5.97. The third-order valence-electron chi connectivity index (χ3n) is 6.52. The van der Waals surface area contributed by atoms with Crippen LogP contribution in [0, 0.1) is 35.5 Å². The van der Waals surface area contributed by atoms with E-state index in [-0.39, 0.29) is 0 Å². The Bertz CT molecular complexity index is 372. The second-order valence-electron chi connectivity index (χ2n) is 7.35. The van der Waals surface area contributed by atoms with Crippen LogP contribution in [-0.4, -0.2) is 28.7 Å². The first kappa shape index (κ1) is 12.7. The Hall–Kier alpha value is -0.0500. The Kier molecular flexibility index (Phi) is 2.98. The first-order chi connectivity index (χ1) is 9.16. The summed E-state index contributed by atoms with van der Waals surface area (Å²) < 4.78 is 0. The van der Waals surface area contributed by atoms with Gasteiger partial charge in [0.15, 0.2) is 0 Å². The molecule has 4 fully saturated rings. The average Bonchev–Trinajstić information content (AvgIpc) is 2.85. The van der Waals surface area contributed by atoms with Crippen molar-refractivity contribution in [3.05, 3.63) is 0 Å². The van der Waals surface area contributed by atoms with Gasteiger partial charge in [0.1, 0.15) is 0 Å². The van der Waals surface area contributed by atoms with Gasteiger partial charge in [-0.2, -0.15) is 0 Å². The quantitative estimate of drug-likeness (QED) is 0.713. The van der Waals surface area contributed by atoms with Crippen LogP contribution in [0.3, 0.4) is 0 Å². The predicted molar refractivity (Wildman–Crippen MR) is 79.0 cm³/mol. The Morgan fingerprint density at radius 2 is 1.68 bits per heavy atom. The minimum atomic E-state index is 0.448. The molecule has 2 bridgehead atoms. The number of amides is 1. The zero-order valence-electron chi connectivity index (χ0n) is 11.7. The normalized spacial score (nSPS) is 46.2. The standard InChI is InChI=1S/C16H24BrNO/c1-9(17)10-4-6-18(7-5-10)16(19)15-13-11-2-3-12(8-11)14(13)15/h9-15H,2-8H2,1H3. The maximum Gasteiger partial charge on any atom is 0.226 e. The summed E-state index contributed by atoms with van der Waals surface area (Å²) in [5.74, 6) is 5.18. The molecular weight excluding hydrogens is 302 g/mol. The second kappa shape index (κ2) is 4.47. The van der Waals surface area contributed by atoms with Crippen molar-refractivity contribution in [2.24, 2.45) is 35.5 Å². The lowest BCUT2D eigenvalue weighted by Gasteiger charge is -2.34. The highest BCUT2D eigenvalue weighted by Gasteiger charge is 2.67. The molecule has 0 radical (unpaired) electrons. The number of fused-ring (bicyclic) bond motifs is 5. The Labute approximate surface area is 124 Å². The van der Waals surface area contributed by atoms with Crippen molar-refractivity contribution >= 4 is 21.8 Å². The summed E-state index contributed by atoms with van der Waals surface area (Å²) in [6.07, 6.45) is 6.65. The molecule has 3 heteroatoms. The van der Waals surface area contributed by atoms with E-state index in [0.29, 0.717) is 16.7 Å². The molecule has 0 aromatic rings. The predicted octanol–water partition coefficient (Wildman–Crippen LogP) is 3.30. The highest BCUT2D eigenvalue weighted by molar-refractivity contribution is 9.09. The molecule has 0 N–H and O–H groups in total. The van der Waals surface area contributed by atoms with Crippen molar-refractivity contribution < 1.29 is 4.79 Å². The van der Waals surface area contributed by atoms with Crippen LogP contribution in [0.2, 0.25) is 0 Å². The fraction of sp³-hybridized carbons (Fsp3) is 0.938. The molecule has 5 unspecified atom stereocenters.